The summed E-state index contributed by atoms with van der Waals surface area (Å²) in [6, 6.07) is 3.21. The van der Waals surface area contributed by atoms with Crippen molar-refractivity contribution in [3.63, 3.8) is 0 Å². The molecule has 80 valence electrons. The van der Waals surface area contributed by atoms with E-state index in [4.69, 9.17) is 5.73 Å². The van der Waals surface area contributed by atoms with Crippen molar-refractivity contribution in [2.75, 3.05) is 6.54 Å². The van der Waals surface area contributed by atoms with Gasteiger partial charge >= 0.3 is 0 Å². The van der Waals surface area contributed by atoms with Crippen LogP contribution in [-0.4, -0.2) is 6.54 Å². The molecule has 0 atom stereocenters. The van der Waals surface area contributed by atoms with E-state index in [-0.39, 0.29) is 5.82 Å². The highest BCUT2D eigenvalue weighted by atomic mass is 32.1. The lowest BCUT2D eigenvalue weighted by atomic mass is 10.1. The number of aryl methyl sites for hydroxylation is 2. The van der Waals surface area contributed by atoms with Crippen LogP contribution in [0.2, 0.25) is 0 Å². The first-order valence-corrected chi connectivity index (χ1v) is 5.83. The lowest BCUT2D eigenvalue weighted by Gasteiger charge is -2.00. The monoisotopic (exact) mass is 223 g/mol. The van der Waals surface area contributed by atoms with Crippen LogP contribution in [0.3, 0.4) is 0 Å². The molecule has 0 unspecified atom stereocenters. The van der Waals surface area contributed by atoms with Crippen molar-refractivity contribution in [1.29, 1.82) is 0 Å². The number of hydrogen-bond acceptors (Lipinski definition) is 2. The van der Waals surface area contributed by atoms with Crippen LogP contribution in [0.15, 0.2) is 12.1 Å². The molecule has 0 spiro atoms. The van der Waals surface area contributed by atoms with E-state index in [1.165, 1.54) is 15.1 Å². The number of nitrogens with two attached hydrogens (primary N) is 1. The van der Waals surface area contributed by atoms with Crippen molar-refractivity contribution >= 4 is 21.4 Å². The molecule has 0 amide bonds. The number of thiophene rings is 1. The van der Waals surface area contributed by atoms with E-state index in [2.05, 4.69) is 6.92 Å². The second-order valence-corrected chi connectivity index (χ2v) is 5.00. The smallest absolute Gasteiger partial charge is 0.124 e. The Morgan fingerprint density at radius 2 is 2.07 bits per heavy atom. The van der Waals surface area contributed by atoms with Gasteiger partial charge in [0, 0.05) is 9.58 Å². The standard InChI is InChI=1S/C12H14FNS/c1-7-5-9(13)6-11-10(3-4-14)8(2)15-12(7)11/h5-6H,3-4,14H2,1-2H3. The SMILES string of the molecule is Cc1sc2c(C)cc(F)cc2c1CCN. The normalized spacial score (nSPS) is 11.2. The first kappa shape index (κ1) is 10.6. The molecular formula is C12H14FNS. The van der Waals surface area contributed by atoms with Crippen molar-refractivity contribution in [1.82, 2.24) is 0 Å². The van der Waals surface area contributed by atoms with Crippen molar-refractivity contribution in [2.45, 2.75) is 20.3 Å². The van der Waals surface area contributed by atoms with Crippen molar-refractivity contribution < 1.29 is 4.39 Å². The van der Waals surface area contributed by atoms with Gasteiger partial charge in [-0.25, -0.2) is 4.39 Å². The second kappa shape index (κ2) is 3.91. The zero-order valence-corrected chi connectivity index (χ0v) is 9.75. The first-order valence-electron chi connectivity index (χ1n) is 5.01. The van der Waals surface area contributed by atoms with Gasteiger partial charge in [-0.3, -0.25) is 0 Å². The van der Waals surface area contributed by atoms with Gasteiger partial charge in [-0.05, 0) is 55.5 Å². The molecule has 1 aromatic carbocycles. The van der Waals surface area contributed by atoms with Crippen molar-refractivity contribution in [2.24, 2.45) is 5.73 Å². The highest BCUT2D eigenvalue weighted by Gasteiger charge is 2.11. The largest absolute Gasteiger partial charge is 0.330 e. The highest BCUT2D eigenvalue weighted by molar-refractivity contribution is 7.19. The molecule has 0 saturated carbocycles. The van der Waals surface area contributed by atoms with Gasteiger partial charge < -0.3 is 5.73 Å². The summed E-state index contributed by atoms with van der Waals surface area (Å²) in [5.41, 5.74) is 7.79. The van der Waals surface area contributed by atoms with Gasteiger partial charge in [0.05, 0.1) is 0 Å². The van der Waals surface area contributed by atoms with Crippen LogP contribution < -0.4 is 5.73 Å². The third kappa shape index (κ3) is 1.77. The second-order valence-electron chi connectivity index (χ2n) is 3.77. The summed E-state index contributed by atoms with van der Waals surface area (Å²) in [6.45, 7) is 4.64. The first-order chi connectivity index (χ1) is 7.13. The van der Waals surface area contributed by atoms with Crippen LogP contribution in [0.4, 0.5) is 4.39 Å². The van der Waals surface area contributed by atoms with Gasteiger partial charge in [0.15, 0.2) is 0 Å². The van der Waals surface area contributed by atoms with Crippen LogP contribution >= 0.6 is 11.3 Å². The molecule has 0 aliphatic heterocycles. The summed E-state index contributed by atoms with van der Waals surface area (Å²) < 4.78 is 14.5. The Morgan fingerprint density at radius 1 is 1.33 bits per heavy atom. The summed E-state index contributed by atoms with van der Waals surface area (Å²) >= 11 is 1.73. The average Bonchev–Trinajstić information content (AvgIpc) is 2.46. The van der Waals surface area contributed by atoms with Crippen molar-refractivity contribution in [3.8, 4) is 0 Å². The molecule has 2 N–H and O–H groups in total. The minimum absolute atomic E-state index is 0.156. The van der Waals surface area contributed by atoms with Crippen LogP contribution in [0.1, 0.15) is 16.0 Å². The zero-order valence-electron chi connectivity index (χ0n) is 8.93. The maximum absolute atomic E-state index is 13.3. The highest BCUT2D eigenvalue weighted by Crippen LogP contribution is 2.33. The lowest BCUT2D eigenvalue weighted by Crippen LogP contribution is -2.02. The number of rotatable bonds is 2. The van der Waals surface area contributed by atoms with Gasteiger partial charge in [0.2, 0.25) is 0 Å². The fourth-order valence-corrected chi connectivity index (χ4v) is 3.10. The Balaban J connectivity index is 2.74. The Hall–Kier alpha value is -0.930. The van der Waals surface area contributed by atoms with E-state index in [0.29, 0.717) is 6.54 Å². The molecule has 0 fully saturated rings. The summed E-state index contributed by atoms with van der Waals surface area (Å²) in [5.74, 6) is -0.156. The minimum atomic E-state index is -0.156. The fraction of sp³-hybridized carbons (Fsp3) is 0.333. The molecule has 0 aliphatic rings. The maximum atomic E-state index is 13.3. The van der Waals surface area contributed by atoms with Gasteiger partial charge in [-0.2, -0.15) is 0 Å². The third-order valence-electron chi connectivity index (χ3n) is 2.64. The van der Waals surface area contributed by atoms with Gasteiger partial charge in [-0.15, -0.1) is 11.3 Å². The minimum Gasteiger partial charge on any atom is -0.330 e. The van der Waals surface area contributed by atoms with Gasteiger partial charge in [0.25, 0.3) is 0 Å². The van der Waals surface area contributed by atoms with Gasteiger partial charge in [-0.1, -0.05) is 0 Å². The van der Waals surface area contributed by atoms with E-state index >= 15 is 0 Å². The molecule has 0 bridgehead atoms. The van der Waals surface area contributed by atoms with E-state index in [9.17, 15) is 4.39 Å². The summed E-state index contributed by atoms with van der Waals surface area (Å²) in [6.07, 6.45) is 0.828. The van der Waals surface area contributed by atoms with Gasteiger partial charge in [0.1, 0.15) is 5.82 Å². The zero-order chi connectivity index (χ0) is 11.0. The average molecular weight is 223 g/mol. The Kier molecular flexibility index (Phi) is 2.76. The van der Waals surface area contributed by atoms with E-state index < -0.39 is 0 Å². The predicted molar refractivity (Wildman–Crippen MR) is 64.0 cm³/mol. The molecule has 1 heterocycles. The summed E-state index contributed by atoms with van der Waals surface area (Å²) in [5, 5.41) is 1.04. The van der Waals surface area contributed by atoms with Crippen molar-refractivity contribution in [3.05, 3.63) is 34.0 Å². The summed E-state index contributed by atoms with van der Waals surface area (Å²) in [4.78, 5) is 1.25. The van der Waals surface area contributed by atoms with Crippen LogP contribution in [-0.2, 0) is 6.42 Å². The summed E-state index contributed by atoms with van der Waals surface area (Å²) in [7, 11) is 0. The molecule has 15 heavy (non-hydrogen) atoms. The Morgan fingerprint density at radius 3 is 2.73 bits per heavy atom. The molecule has 2 aromatic rings. The molecule has 0 saturated heterocycles. The molecule has 1 nitrogen and oxygen atoms in total. The molecular weight excluding hydrogens is 209 g/mol. The van der Waals surface area contributed by atoms with E-state index in [0.717, 1.165) is 17.4 Å². The number of hydrogen-bond donors (Lipinski definition) is 1. The Labute approximate surface area is 92.7 Å². The number of benzene rings is 1. The number of fused-ring (bicyclic) bond motifs is 1. The molecule has 2 rings (SSSR count). The number of halogens is 1. The topological polar surface area (TPSA) is 26.0 Å². The fourth-order valence-electron chi connectivity index (χ4n) is 1.95. The van der Waals surface area contributed by atoms with E-state index in [1.54, 1.807) is 23.5 Å². The lowest BCUT2D eigenvalue weighted by molar-refractivity contribution is 0.628. The molecule has 3 heteroatoms. The third-order valence-corrected chi connectivity index (χ3v) is 3.94. The van der Waals surface area contributed by atoms with Crippen LogP contribution in [0.5, 0.6) is 0 Å². The van der Waals surface area contributed by atoms with Crippen LogP contribution in [0.25, 0.3) is 10.1 Å². The maximum Gasteiger partial charge on any atom is 0.124 e. The van der Waals surface area contributed by atoms with E-state index in [1.807, 2.05) is 6.92 Å². The molecule has 1 aromatic heterocycles. The quantitative estimate of drug-likeness (QED) is 0.831. The molecule has 0 radical (unpaired) electrons. The molecule has 0 aliphatic carbocycles. The van der Waals surface area contributed by atoms with Crippen LogP contribution in [0, 0.1) is 19.7 Å². The predicted octanol–water partition coefficient (Wildman–Crippen LogP) is 3.16. The Bertz CT molecular complexity index is 502.